The van der Waals surface area contributed by atoms with Crippen molar-refractivity contribution in [2.45, 2.75) is 44.9 Å². The Bertz CT molecular complexity index is 695. The van der Waals surface area contributed by atoms with Gasteiger partial charge in [0.05, 0.1) is 5.75 Å². The molecule has 2 aliphatic rings. The number of benzene rings is 1. The molecule has 1 aliphatic heterocycles. The molecular weight excluding hydrogens is 356 g/mol. The second-order valence-electron chi connectivity index (χ2n) is 7.02. The Hall–Kier alpha value is -1.64. The van der Waals surface area contributed by atoms with E-state index in [4.69, 9.17) is 15.1 Å². The Morgan fingerprint density at radius 2 is 1.77 bits per heavy atom. The smallest absolute Gasteiger partial charge is 0.428 e. The lowest BCUT2D eigenvalue weighted by atomic mass is 9.87. The van der Waals surface area contributed by atoms with Crippen LogP contribution in [0.15, 0.2) is 24.3 Å². The molecule has 3 N–H and O–H groups in total. The molecule has 0 aromatic heterocycles. The maximum Gasteiger partial charge on any atom is 0.428 e. The zero-order chi connectivity index (χ0) is 19.2. The molecule has 1 aliphatic carbocycles. The lowest BCUT2D eigenvalue weighted by Crippen LogP contribution is -2.41. The number of sulfonamides is 1. The standard InChI is InChI=1S/C17H25NO2S.CH3NO3/c1-14-5-2-3-8-17(14)16-9-11-18(12-10-16)21(19,20)13-15-6-4-7-15;3-1(4)2-5/h2-3,5,8,15-16H,4,6-7,9-13H2,1H3;2,5H,(H,3,4). The van der Waals surface area contributed by atoms with Crippen LogP contribution in [0.2, 0.25) is 0 Å². The third kappa shape index (κ3) is 5.69. The highest BCUT2D eigenvalue weighted by atomic mass is 32.2. The van der Waals surface area contributed by atoms with E-state index in [1.165, 1.54) is 17.5 Å². The fraction of sp³-hybridized carbons (Fsp3) is 0.611. The molecule has 3 rings (SSSR count). The first-order valence-corrected chi connectivity index (χ1v) is 10.6. The number of nitrogens with one attached hydrogen (secondary N) is 1. The molecule has 1 heterocycles. The molecule has 1 aromatic carbocycles. The van der Waals surface area contributed by atoms with Crippen molar-refractivity contribution >= 4 is 16.1 Å². The summed E-state index contributed by atoms with van der Waals surface area (Å²) in [5.41, 5.74) is 3.67. The number of carboxylic acid groups (broad SMARTS) is 1. The minimum Gasteiger partial charge on any atom is -0.464 e. The summed E-state index contributed by atoms with van der Waals surface area (Å²) in [6.45, 7) is 3.52. The number of rotatable bonds is 4. The first-order chi connectivity index (χ1) is 12.3. The topological polar surface area (TPSA) is 107 Å². The zero-order valence-corrected chi connectivity index (χ0v) is 15.9. The minimum absolute atomic E-state index is 0.377. The average molecular weight is 384 g/mol. The van der Waals surface area contributed by atoms with Crippen LogP contribution in [0.1, 0.15) is 49.1 Å². The van der Waals surface area contributed by atoms with Gasteiger partial charge in [0.1, 0.15) is 0 Å². The highest BCUT2D eigenvalue weighted by Gasteiger charge is 2.32. The molecule has 2 fully saturated rings. The van der Waals surface area contributed by atoms with Crippen LogP contribution in [0.5, 0.6) is 0 Å². The SMILES string of the molecule is Cc1ccccc1C1CCN(S(=O)(=O)CC2CCC2)CC1.O=C(O)NO. The Kier molecular flexibility index (Phi) is 7.43. The van der Waals surface area contributed by atoms with E-state index in [0.717, 1.165) is 31.2 Å². The summed E-state index contributed by atoms with van der Waals surface area (Å²) < 4.78 is 26.6. The van der Waals surface area contributed by atoms with Gasteiger partial charge in [-0.25, -0.2) is 23.0 Å². The van der Waals surface area contributed by atoms with Gasteiger partial charge in [-0.15, -0.1) is 0 Å². The molecular formula is C18H28N2O5S. The number of amides is 1. The maximum atomic E-state index is 12.4. The van der Waals surface area contributed by atoms with Gasteiger partial charge in [-0.05, 0) is 55.6 Å². The molecule has 26 heavy (non-hydrogen) atoms. The third-order valence-electron chi connectivity index (χ3n) is 5.24. The molecule has 1 saturated heterocycles. The van der Waals surface area contributed by atoms with Gasteiger partial charge in [-0.1, -0.05) is 30.7 Å². The molecule has 0 unspecified atom stereocenters. The van der Waals surface area contributed by atoms with E-state index in [2.05, 4.69) is 31.2 Å². The Morgan fingerprint density at radius 3 is 2.23 bits per heavy atom. The molecule has 8 heteroatoms. The fourth-order valence-electron chi connectivity index (χ4n) is 3.55. The van der Waals surface area contributed by atoms with Gasteiger partial charge in [-0.3, -0.25) is 5.21 Å². The van der Waals surface area contributed by atoms with Crippen LogP contribution in [0.3, 0.4) is 0 Å². The first kappa shape index (κ1) is 20.7. The largest absolute Gasteiger partial charge is 0.464 e. The predicted octanol–water partition coefficient (Wildman–Crippen LogP) is 2.95. The number of hydroxylamine groups is 1. The number of carbonyl (C=O) groups is 1. The van der Waals surface area contributed by atoms with Gasteiger partial charge in [0.15, 0.2) is 0 Å². The van der Waals surface area contributed by atoms with E-state index in [1.54, 1.807) is 4.31 Å². The second kappa shape index (κ2) is 9.34. The third-order valence-corrected chi connectivity index (χ3v) is 7.29. The molecule has 1 amide bonds. The number of hydrogen-bond acceptors (Lipinski definition) is 4. The molecule has 146 valence electrons. The van der Waals surface area contributed by atoms with Crippen molar-refractivity contribution < 1.29 is 23.5 Å². The van der Waals surface area contributed by atoms with Crippen LogP contribution >= 0.6 is 0 Å². The molecule has 1 saturated carbocycles. The molecule has 0 radical (unpaired) electrons. The van der Waals surface area contributed by atoms with Crippen molar-refractivity contribution in [2.24, 2.45) is 5.92 Å². The number of nitrogens with zero attached hydrogens (tertiary/aromatic N) is 1. The molecule has 1 aromatic rings. The van der Waals surface area contributed by atoms with E-state index in [0.29, 0.717) is 30.7 Å². The fourth-order valence-corrected chi connectivity index (χ4v) is 5.46. The highest BCUT2D eigenvalue weighted by molar-refractivity contribution is 7.89. The molecule has 0 bridgehead atoms. The normalized spacial score (nSPS) is 19.2. The monoisotopic (exact) mass is 384 g/mol. The number of aryl methyl sites for hydroxylation is 1. The Balaban J connectivity index is 0.000000431. The van der Waals surface area contributed by atoms with E-state index in [9.17, 15) is 8.42 Å². The molecule has 7 nitrogen and oxygen atoms in total. The van der Waals surface area contributed by atoms with Crippen molar-refractivity contribution in [3.8, 4) is 0 Å². The van der Waals surface area contributed by atoms with E-state index >= 15 is 0 Å². The van der Waals surface area contributed by atoms with Crippen LogP contribution in [-0.2, 0) is 10.0 Å². The maximum absolute atomic E-state index is 12.4. The van der Waals surface area contributed by atoms with Gasteiger partial charge >= 0.3 is 6.09 Å². The van der Waals surface area contributed by atoms with Crippen LogP contribution in [0, 0.1) is 12.8 Å². The van der Waals surface area contributed by atoms with Crippen molar-refractivity contribution in [1.82, 2.24) is 9.79 Å². The van der Waals surface area contributed by atoms with E-state index < -0.39 is 16.1 Å². The van der Waals surface area contributed by atoms with E-state index in [-0.39, 0.29) is 0 Å². The minimum atomic E-state index is -3.03. The van der Waals surface area contributed by atoms with Crippen LogP contribution in [-0.4, -0.2) is 48.0 Å². The summed E-state index contributed by atoms with van der Waals surface area (Å²) in [5, 5.41) is 14.7. The summed E-state index contributed by atoms with van der Waals surface area (Å²) >= 11 is 0. The lowest BCUT2D eigenvalue weighted by molar-refractivity contribution is 0.122. The average Bonchev–Trinajstić information content (AvgIpc) is 2.59. The molecule has 0 spiro atoms. The summed E-state index contributed by atoms with van der Waals surface area (Å²) in [6, 6.07) is 8.49. The van der Waals surface area contributed by atoms with Crippen molar-refractivity contribution in [3.05, 3.63) is 35.4 Å². The predicted molar refractivity (Wildman–Crippen MR) is 98.8 cm³/mol. The quantitative estimate of drug-likeness (QED) is 0.546. The van der Waals surface area contributed by atoms with Crippen molar-refractivity contribution in [1.29, 1.82) is 0 Å². The van der Waals surface area contributed by atoms with Crippen LogP contribution in [0.25, 0.3) is 0 Å². The van der Waals surface area contributed by atoms with Gasteiger partial charge in [-0.2, -0.15) is 0 Å². The Labute approximate surface area is 155 Å². The van der Waals surface area contributed by atoms with Gasteiger partial charge in [0.25, 0.3) is 0 Å². The van der Waals surface area contributed by atoms with Crippen LogP contribution < -0.4 is 5.48 Å². The van der Waals surface area contributed by atoms with Crippen LogP contribution in [0.4, 0.5) is 4.79 Å². The van der Waals surface area contributed by atoms with Gasteiger partial charge in [0.2, 0.25) is 10.0 Å². The lowest BCUT2D eigenvalue weighted by Gasteiger charge is -2.34. The highest BCUT2D eigenvalue weighted by Crippen LogP contribution is 2.33. The zero-order valence-electron chi connectivity index (χ0n) is 15.1. The second-order valence-corrected chi connectivity index (χ2v) is 9.04. The number of piperidine rings is 1. The molecule has 0 atom stereocenters. The Morgan fingerprint density at radius 1 is 1.19 bits per heavy atom. The first-order valence-electron chi connectivity index (χ1n) is 9.00. The van der Waals surface area contributed by atoms with E-state index in [1.807, 2.05) is 0 Å². The number of hydrogen-bond donors (Lipinski definition) is 3. The summed E-state index contributed by atoms with van der Waals surface area (Å²) in [4.78, 5) is 9.01. The summed E-state index contributed by atoms with van der Waals surface area (Å²) in [7, 11) is -3.03. The van der Waals surface area contributed by atoms with Crippen molar-refractivity contribution in [2.75, 3.05) is 18.8 Å². The summed E-state index contributed by atoms with van der Waals surface area (Å²) in [6.07, 6.45) is 3.86. The summed E-state index contributed by atoms with van der Waals surface area (Å²) in [5.74, 6) is 1.31. The van der Waals surface area contributed by atoms with Crippen molar-refractivity contribution in [3.63, 3.8) is 0 Å². The van der Waals surface area contributed by atoms with Gasteiger partial charge < -0.3 is 5.11 Å². The van der Waals surface area contributed by atoms with Gasteiger partial charge in [0, 0.05) is 13.1 Å².